The van der Waals surface area contributed by atoms with Crippen LogP contribution in [0.15, 0.2) is 0 Å². The van der Waals surface area contributed by atoms with Gasteiger partial charge in [0.25, 0.3) is 0 Å². The lowest BCUT2D eigenvalue weighted by atomic mass is 9.95. The number of nitrogens with zero attached hydrogens (tertiary/aromatic N) is 6. The van der Waals surface area contributed by atoms with E-state index in [0.29, 0.717) is 12.1 Å². The first-order valence-corrected chi connectivity index (χ1v) is 32.4. The van der Waals surface area contributed by atoms with Gasteiger partial charge in [-0.15, -0.1) is 0 Å². The Hall–Kier alpha value is -0.520. The summed E-state index contributed by atoms with van der Waals surface area (Å²) in [5.41, 5.74) is 0.483. The Morgan fingerprint density at radius 1 is 0.385 bits per heavy atom. The van der Waals surface area contributed by atoms with Crippen molar-refractivity contribution in [2.45, 2.75) is 242 Å². The van der Waals surface area contributed by atoms with Crippen molar-refractivity contribution >= 4 is 0 Å². The van der Waals surface area contributed by atoms with Crippen molar-refractivity contribution in [1.82, 2.24) is 34.7 Å². The van der Waals surface area contributed by atoms with Gasteiger partial charge in [0.15, 0.2) is 0 Å². The topological polar surface area (TPSA) is 86.8 Å². The van der Waals surface area contributed by atoms with Gasteiger partial charge in [0, 0.05) is 132 Å². The smallest absolute Gasteiger partial charge is 0.0462 e. The average molecular weight is 1120 g/mol. The van der Waals surface area contributed by atoms with Crippen LogP contribution in [0, 0.1) is 0 Å². The number of methoxy groups -OCH3 is 6. The highest BCUT2D eigenvalue weighted by Crippen LogP contribution is 2.25. The van der Waals surface area contributed by atoms with Gasteiger partial charge in [0.1, 0.15) is 0 Å². The van der Waals surface area contributed by atoms with E-state index in [1.54, 1.807) is 42.7 Å². The number of hydrogen-bond donors (Lipinski definition) is 1. The monoisotopic (exact) mass is 1120 g/mol. The predicted octanol–water partition coefficient (Wildman–Crippen LogP) is 13.1. The summed E-state index contributed by atoms with van der Waals surface area (Å²) in [6, 6.07) is 1.31. The van der Waals surface area contributed by atoms with Gasteiger partial charge in [-0.3, -0.25) is 9.80 Å². The number of nitrogens with one attached hydrogen (secondary N) is 1. The van der Waals surface area contributed by atoms with Gasteiger partial charge in [-0.25, -0.2) is 0 Å². The molecule has 78 heavy (non-hydrogen) atoms. The Balaban J connectivity index is -0.000000422. The van der Waals surface area contributed by atoms with Crippen LogP contribution in [0.25, 0.3) is 0 Å². The SMILES string of the molecule is CCCCN(CCCC)CCCCOC.CCCN(CC)CCCCOC.COCCCCN(C(C)(C)C)C(C)(C)C.COCCCCN(C(C)C)C(C)C.COCCCCN1CCCC1.COCCCCN1CCNCC1. The molecule has 2 rings (SSSR count). The number of likely N-dealkylation sites (tertiary alicyclic amines) is 1. The quantitative estimate of drug-likeness (QED) is 0.0590. The second-order valence-electron chi connectivity index (χ2n) is 24.2. The van der Waals surface area contributed by atoms with Gasteiger partial charge in [-0.1, -0.05) is 40.5 Å². The zero-order valence-corrected chi connectivity index (χ0v) is 56.8. The van der Waals surface area contributed by atoms with Crippen LogP contribution in [0.1, 0.15) is 219 Å². The Kier molecular flexibility index (Phi) is 67.3. The van der Waals surface area contributed by atoms with Crippen LogP contribution in [0.2, 0.25) is 0 Å². The molecule has 13 nitrogen and oxygen atoms in total. The molecule has 0 atom stereocenters. The van der Waals surface area contributed by atoms with Crippen LogP contribution in [-0.2, 0) is 28.4 Å². The van der Waals surface area contributed by atoms with Crippen molar-refractivity contribution in [2.75, 3.05) is 187 Å². The summed E-state index contributed by atoms with van der Waals surface area (Å²) in [4.78, 5) is 15.3. The van der Waals surface area contributed by atoms with E-state index in [2.05, 4.69) is 132 Å². The zero-order chi connectivity index (χ0) is 59.6. The number of hydrogen-bond acceptors (Lipinski definition) is 13. The van der Waals surface area contributed by atoms with Crippen molar-refractivity contribution < 1.29 is 28.4 Å². The molecule has 0 bridgehead atoms. The van der Waals surface area contributed by atoms with Crippen molar-refractivity contribution in [3.63, 3.8) is 0 Å². The van der Waals surface area contributed by atoms with E-state index in [1.165, 1.54) is 201 Å². The maximum absolute atomic E-state index is 5.08. The Labute approximate surface area is 490 Å². The summed E-state index contributed by atoms with van der Waals surface area (Å²) >= 11 is 0. The fourth-order valence-corrected chi connectivity index (χ4v) is 9.96. The van der Waals surface area contributed by atoms with Crippen LogP contribution < -0.4 is 5.32 Å². The third-order valence-corrected chi connectivity index (χ3v) is 14.3. The molecule has 0 aromatic carbocycles. The van der Waals surface area contributed by atoms with Gasteiger partial charge < -0.3 is 53.3 Å². The minimum absolute atomic E-state index is 0.241. The van der Waals surface area contributed by atoms with Crippen LogP contribution in [0.5, 0.6) is 0 Å². The summed E-state index contributed by atoms with van der Waals surface area (Å²) in [6.45, 7) is 56.9. The summed E-state index contributed by atoms with van der Waals surface area (Å²) in [5.74, 6) is 0. The van der Waals surface area contributed by atoms with E-state index < -0.39 is 0 Å². The van der Waals surface area contributed by atoms with Crippen molar-refractivity contribution in [3.05, 3.63) is 0 Å². The first kappa shape index (κ1) is 83.9. The highest BCUT2D eigenvalue weighted by atomic mass is 16.5. The normalized spacial score (nSPS) is 14.2. The number of rotatable bonds is 41. The Morgan fingerprint density at radius 2 is 0.718 bits per heavy atom. The molecule has 2 saturated heterocycles. The van der Waals surface area contributed by atoms with E-state index in [-0.39, 0.29) is 11.1 Å². The van der Waals surface area contributed by atoms with Gasteiger partial charge in [-0.05, 0) is 257 Å². The standard InChI is InChI=1S/2C13H29NO.C11H25NO.C10H23NO.C9H20N2O.C9H19NO/c1-12(2,3)14(13(4,5)6)10-8-9-11-15-7;1-4-6-10-14(11-7-5-2)12-8-9-13-15-3;1-10(2)12(11(3)4)8-6-7-9-13-5;1-4-8-11(5-2)9-6-7-10-12-3;1-12-9-3-2-6-11-7-4-10-5-8-11;1-11-9-5-4-8-10-6-2-3-7-10/h8-11H2,1-7H3;4-13H2,1-3H3;10-11H,6-9H2,1-5H3;4-10H2,1-3H3;10H,2-9H2,1H3;2-9H2,1H3. The van der Waals surface area contributed by atoms with Crippen LogP contribution in [0.4, 0.5) is 0 Å². The van der Waals surface area contributed by atoms with E-state index in [1.807, 2.05) is 0 Å². The molecular formula is C65H145N7O6. The Bertz CT molecular complexity index is 1060. The lowest BCUT2D eigenvalue weighted by Crippen LogP contribution is -2.52. The largest absolute Gasteiger partial charge is 0.385 e. The third kappa shape index (κ3) is 60.1. The highest BCUT2D eigenvalue weighted by molar-refractivity contribution is 4.86. The van der Waals surface area contributed by atoms with E-state index in [9.17, 15) is 0 Å². The first-order valence-electron chi connectivity index (χ1n) is 32.4. The molecule has 0 aromatic rings. The molecule has 476 valence electrons. The fourth-order valence-electron chi connectivity index (χ4n) is 9.96. The van der Waals surface area contributed by atoms with Gasteiger partial charge in [0.05, 0.1) is 0 Å². The molecule has 2 fully saturated rings. The van der Waals surface area contributed by atoms with Crippen molar-refractivity contribution in [1.29, 1.82) is 0 Å². The third-order valence-electron chi connectivity index (χ3n) is 14.3. The van der Waals surface area contributed by atoms with Crippen LogP contribution >= 0.6 is 0 Å². The first-order chi connectivity index (χ1) is 37.3. The molecule has 2 heterocycles. The molecular weight excluding hydrogens is 975 g/mol. The second kappa shape index (κ2) is 62.5. The highest BCUT2D eigenvalue weighted by Gasteiger charge is 2.30. The minimum atomic E-state index is 0.241. The van der Waals surface area contributed by atoms with E-state index >= 15 is 0 Å². The molecule has 2 aliphatic heterocycles. The average Bonchev–Trinajstić information content (AvgIpc) is 3.93. The number of piperazine rings is 1. The zero-order valence-electron chi connectivity index (χ0n) is 56.8. The van der Waals surface area contributed by atoms with Crippen LogP contribution in [-0.4, -0.2) is 240 Å². The molecule has 2 aliphatic rings. The molecule has 0 radical (unpaired) electrons. The summed E-state index contributed by atoms with van der Waals surface area (Å²) in [6.07, 6.45) is 24.1. The van der Waals surface area contributed by atoms with Crippen molar-refractivity contribution in [3.8, 4) is 0 Å². The molecule has 0 aromatic heterocycles. The summed E-state index contributed by atoms with van der Waals surface area (Å²) in [5, 5.41) is 3.35. The van der Waals surface area contributed by atoms with E-state index in [4.69, 9.17) is 28.4 Å². The molecule has 13 heteroatoms. The maximum atomic E-state index is 5.08. The maximum Gasteiger partial charge on any atom is 0.0462 e. The summed E-state index contributed by atoms with van der Waals surface area (Å²) < 4.78 is 30.2. The Morgan fingerprint density at radius 3 is 1.05 bits per heavy atom. The lowest BCUT2D eigenvalue weighted by molar-refractivity contribution is 0.0348. The van der Waals surface area contributed by atoms with Gasteiger partial charge in [0.2, 0.25) is 0 Å². The van der Waals surface area contributed by atoms with Gasteiger partial charge in [-0.2, -0.15) is 0 Å². The molecule has 0 amide bonds. The molecule has 0 saturated carbocycles. The lowest BCUT2D eigenvalue weighted by Gasteiger charge is -2.45. The van der Waals surface area contributed by atoms with E-state index in [0.717, 1.165) is 65.7 Å². The minimum Gasteiger partial charge on any atom is -0.385 e. The molecule has 0 aliphatic carbocycles. The second-order valence-corrected chi connectivity index (χ2v) is 24.2. The molecule has 0 unspecified atom stereocenters. The number of unbranched alkanes of at least 4 members (excludes halogenated alkanes) is 8. The molecule has 1 N–H and O–H groups in total. The fraction of sp³-hybridized carbons (Fsp3) is 1.00. The van der Waals surface area contributed by atoms with Crippen LogP contribution in [0.3, 0.4) is 0 Å². The molecule has 0 spiro atoms. The van der Waals surface area contributed by atoms with Gasteiger partial charge >= 0.3 is 0 Å². The number of ether oxygens (including phenoxy) is 6. The summed E-state index contributed by atoms with van der Waals surface area (Å²) in [7, 11) is 10.6. The van der Waals surface area contributed by atoms with Crippen molar-refractivity contribution in [2.24, 2.45) is 0 Å². The predicted molar refractivity (Wildman–Crippen MR) is 343 cm³/mol.